The van der Waals surface area contributed by atoms with Crippen molar-refractivity contribution in [1.82, 2.24) is 0 Å². The first-order chi connectivity index (χ1) is 5.24. The summed E-state index contributed by atoms with van der Waals surface area (Å²) >= 11 is 0. The Morgan fingerprint density at radius 2 is 1.82 bits per heavy atom. The van der Waals surface area contributed by atoms with Crippen molar-refractivity contribution in [2.45, 2.75) is 52.0 Å². The Balaban J connectivity index is 2.27. The van der Waals surface area contributed by atoms with Crippen LogP contribution >= 0.6 is 0 Å². The van der Waals surface area contributed by atoms with Gasteiger partial charge in [-0.1, -0.05) is 20.3 Å². The van der Waals surface area contributed by atoms with E-state index >= 15 is 0 Å². The van der Waals surface area contributed by atoms with Crippen LogP contribution in [0.5, 0.6) is 0 Å². The van der Waals surface area contributed by atoms with Gasteiger partial charge in [-0.05, 0) is 37.5 Å². The van der Waals surface area contributed by atoms with E-state index < -0.39 is 0 Å². The lowest BCUT2D eigenvalue weighted by molar-refractivity contribution is 0.241. The molecule has 0 aromatic heterocycles. The molecule has 0 radical (unpaired) electrons. The fourth-order valence-electron chi connectivity index (χ4n) is 2.05. The van der Waals surface area contributed by atoms with Gasteiger partial charge in [0.2, 0.25) is 0 Å². The van der Waals surface area contributed by atoms with Crippen LogP contribution in [0.1, 0.15) is 46.0 Å². The van der Waals surface area contributed by atoms with Crippen molar-refractivity contribution in [2.75, 3.05) is 0 Å². The Kier molecular flexibility index (Phi) is 3.38. The number of hydrogen-bond acceptors (Lipinski definition) is 1. The van der Waals surface area contributed by atoms with Crippen molar-refractivity contribution in [3.05, 3.63) is 0 Å². The van der Waals surface area contributed by atoms with E-state index in [0.29, 0.717) is 6.04 Å². The van der Waals surface area contributed by atoms with Gasteiger partial charge in [0, 0.05) is 6.04 Å². The summed E-state index contributed by atoms with van der Waals surface area (Å²) in [7, 11) is 0. The Morgan fingerprint density at radius 1 is 1.27 bits per heavy atom. The summed E-state index contributed by atoms with van der Waals surface area (Å²) in [5.41, 5.74) is 5.84. The molecule has 1 atom stereocenters. The second-order valence-corrected chi connectivity index (χ2v) is 4.06. The zero-order chi connectivity index (χ0) is 8.27. The maximum atomic E-state index is 5.84. The molecule has 0 aromatic rings. The fraction of sp³-hybridized carbons (Fsp3) is 1.00. The molecule has 2 N–H and O–H groups in total. The Hall–Kier alpha value is -0.0400. The van der Waals surface area contributed by atoms with Crippen LogP contribution in [-0.2, 0) is 0 Å². The second kappa shape index (κ2) is 4.10. The first-order valence-electron chi connectivity index (χ1n) is 4.99. The van der Waals surface area contributed by atoms with Crippen molar-refractivity contribution in [1.29, 1.82) is 0 Å². The molecule has 0 saturated heterocycles. The van der Waals surface area contributed by atoms with Crippen molar-refractivity contribution in [3.63, 3.8) is 0 Å². The third-order valence-corrected chi connectivity index (χ3v) is 3.27. The standard InChI is InChI=1S/C10H21N/c1-3-8(2)9-4-6-10(11)7-5-9/h8-10H,3-7,11H2,1-2H3/t8?,9-,10+. The summed E-state index contributed by atoms with van der Waals surface area (Å²) < 4.78 is 0. The van der Waals surface area contributed by atoms with Gasteiger partial charge in [0.1, 0.15) is 0 Å². The summed E-state index contributed by atoms with van der Waals surface area (Å²) in [5, 5.41) is 0. The van der Waals surface area contributed by atoms with Gasteiger partial charge in [-0.2, -0.15) is 0 Å². The number of hydrogen-bond donors (Lipinski definition) is 1. The molecule has 0 amide bonds. The SMILES string of the molecule is CCC(C)[C@H]1CC[C@@H](N)CC1. The smallest absolute Gasteiger partial charge is 0.00390 e. The van der Waals surface area contributed by atoms with Gasteiger partial charge >= 0.3 is 0 Å². The topological polar surface area (TPSA) is 26.0 Å². The van der Waals surface area contributed by atoms with Gasteiger partial charge in [-0.25, -0.2) is 0 Å². The van der Waals surface area contributed by atoms with Gasteiger partial charge in [0.15, 0.2) is 0 Å². The maximum Gasteiger partial charge on any atom is 0.00390 e. The predicted octanol–water partition coefficient (Wildman–Crippen LogP) is 2.55. The first-order valence-corrected chi connectivity index (χ1v) is 4.99. The van der Waals surface area contributed by atoms with E-state index in [-0.39, 0.29) is 0 Å². The second-order valence-electron chi connectivity index (χ2n) is 4.06. The first kappa shape index (κ1) is 9.05. The predicted molar refractivity (Wildman–Crippen MR) is 49.4 cm³/mol. The summed E-state index contributed by atoms with van der Waals surface area (Å²) in [6, 6.07) is 0.510. The minimum Gasteiger partial charge on any atom is -0.328 e. The highest BCUT2D eigenvalue weighted by molar-refractivity contribution is 4.76. The van der Waals surface area contributed by atoms with Gasteiger partial charge in [-0.3, -0.25) is 0 Å². The molecule has 1 aliphatic carbocycles. The van der Waals surface area contributed by atoms with Gasteiger partial charge in [0.25, 0.3) is 0 Å². The normalized spacial score (nSPS) is 35.2. The lowest BCUT2D eigenvalue weighted by Gasteiger charge is -2.29. The quantitative estimate of drug-likeness (QED) is 0.651. The molecule has 1 heteroatoms. The molecule has 0 heterocycles. The van der Waals surface area contributed by atoms with Gasteiger partial charge in [-0.15, -0.1) is 0 Å². The molecule has 0 spiro atoms. The third kappa shape index (κ3) is 2.48. The lowest BCUT2D eigenvalue weighted by atomic mass is 9.78. The van der Waals surface area contributed by atoms with Crippen LogP contribution < -0.4 is 5.73 Å². The van der Waals surface area contributed by atoms with Crippen LogP contribution in [0.3, 0.4) is 0 Å². The molecule has 1 saturated carbocycles. The van der Waals surface area contributed by atoms with E-state index in [1.54, 1.807) is 0 Å². The molecule has 0 bridgehead atoms. The van der Waals surface area contributed by atoms with Crippen molar-refractivity contribution < 1.29 is 0 Å². The molecule has 66 valence electrons. The van der Waals surface area contributed by atoms with Gasteiger partial charge < -0.3 is 5.73 Å². The van der Waals surface area contributed by atoms with Crippen LogP contribution in [0.15, 0.2) is 0 Å². The Labute approximate surface area is 70.4 Å². The van der Waals surface area contributed by atoms with Crippen molar-refractivity contribution in [2.24, 2.45) is 17.6 Å². The molecule has 11 heavy (non-hydrogen) atoms. The fourth-order valence-corrected chi connectivity index (χ4v) is 2.05. The summed E-state index contributed by atoms with van der Waals surface area (Å²) in [4.78, 5) is 0. The molecule has 1 fully saturated rings. The summed E-state index contributed by atoms with van der Waals surface area (Å²) in [5.74, 6) is 1.89. The molecule has 1 nitrogen and oxygen atoms in total. The largest absolute Gasteiger partial charge is 0.328 e. The molecule has 0 aliphatic heterocycles. The maximum absolute atomic E-state index is 5.84. The third-order valence-electron chi connectivity index (χ3n) is 3.27. The minimum atomic E-state index is 0.510. The van der Waals surface area contributed by atoms with E-state index in [1.165, 1.54) is 32.1 Å². The summed E-state index contributed by atoms with van der Waals surface area (Å²) in [6.45, 7) is 4.67. The van der Waals surface area contributed by atoms with Crippen molar-refractivity contribution >= 4 is 0 Å². The molecule has 1 aliphatic rings. The Bertz CT molecular complexity index is 103. The molecular weight excluding hydrogens is 134 g/mol. The van der Waals surface area contributed by atoms with E-state index in [4.69, 9.17) is 5.73 Å². The van der Waals surface area contributed by atoms with Crippen LogP contribution in [0.4, 0.5) is 0 Å². The number of rotatable bonds is 2. The van der Waals surface area contributed by atoms with Crippen LogP contribution in [0.25, 0.3) is 0 Å². The average molecular weight is 155 g/mol. The van der Waals surface area contributed by atoms with Gasteiger partial charge in [0.05, 0.1) is 0 Å². The minimum absolute atomic E-state index is 0.510. The van der Waals surface area contributed by atoms with Crippen molar-refractivity contribution in [3.8, 4) is 0 Å². The highest BCUT2D eigenvalue weighted by Crippen LogP contribution is 2.30. The van der Waals surface area contributed by atoms with Crippen LogP contribution in [0, 0.1) is 11.8 Å². The molecule has 0 aromatic carbocycles. The molecular formula is C10H21N. The zero-order valence-corrected chi connectivity index (χ0v) is 7.84. The van der Waals surface area contributed by atoms with E-state index in [1.807, 2.05) is 0 Å². The number of nitrogens with two attached hydrogens (primary N) is 1. The van der Waals surface area contributed by atoms with E-state index in [0.717, 1.165) is 11.8 Å². The summed E-state index contributed by atoms with van der Waals surface area (Å²) in [6.07, 6.45) is 6.59. The monoisotopic (exact) mass is 155 g/mol. The highest BCUT2D eigenvalue weighted by Gasteiger charge is 2.21. The lowest BCUT2D eigenvalue weighted by Crippen LogP contribution is -2.28. The molecule has 1 rings (SSSR count). The van der Waals surface area contributed by atoms with Crippen LogP contribution in [-0.4, -0.2) is 6.04 Å². The highest BCUT2D eigenvalue weighted by atomic mass is 14.6. The van der Waals surface area contributed by atoms with E-state index in [9.17, 15) is 0 Å². The van der Waals surface area contributed by atoms with Crippen LogP contribution in [0.2, 0.25) is 0 Å². The average Bonchev–Trinajstić information content (AvgIpc) is 2.05. The van der Waals surface area contributed by atoms with E-state index in [2.05, 4.69) is 13.8 Å². The Morgan fingerprint density at radius 3 is 2.27 bits per heavy atom. The molecule has 1 unspecified atom stereocenters. The zero-order valence-electron chi connectivity index (χ0n) is 7.84.